The normalized spacial score (nSPS) is 20.3. The first-order chi connectivity index (χ1) is 18.2. The molecule has 3 fully saturated rings. The average Bonchev–Trinajstić information content (AvgIpc) is 3.67. The standard InChI is InChI=1S/C28H30F4N4O2/c29-23-16-33-26-22(15-24(34-26)17-7-11-35(12-8-17)20-3-4-20)25(23)18-9-13-36(14-10-18)27(37)19-1-5-21(6-2-19)38-28(30,31)32/h1-2,5-6,15-18,20H,3-4,7-14H2,(H,33,34). The number of hydrogen-bond acceptors (Lipinski definition) is 4. The van der Waals surface area contributed by atoms with E-state index in [0.717, 1.165) is 55.2 Å². The molecule has 10 heteroatoms. The zero-order valence-corrected chi connectivity index (χ0v) is 20.9. The van der Waals surface area contributed by atoms with Crippen LogP contribution >= 0.6 is 0 Å². The van der Waals surface area contributed by atoms with Crippen LogP contribution < -0.4 is 4.74 Å². The summed E-state index contributed by atoms with van der Waals surface area (Å²) in [5.74, 6) is -0.584. The van der Waals surface area contributed by atoms with Gasteiger partial charge in [-0.15, -0.1) is 13.2 Å². The number of aromatic amines is 1. The molecular formula is C28H30F4N4O2. The second kappa shape index (κ2) is 9.87. The van der Waals surface area contributed by atoms with Crippen LogP contribution in [0.1, 0.15) is 72.0 Å². The lowest BCUT2D eigenvalue weighted by atomic mass is 9.87. The highest BCUT2D eigenvalue weighted by molar-refractivity contribution is 5.94. The maximum Gasteiger partial charge on any atom is 0.573 e. The Hall–Kier alpha value is -3.14. The second-order valence-corrected chi connectivity index (χ2v) is 10.7. The first-order valence-electron chi connectivity index (χ1n) is 13.3. The molecule has 0 radical (unpaired) electrons. The average molecular weight is 531 g/mol. The molecule has 1 aromatic carbocycles. The van der Waals surface area contributed by atoms with Gasteiger partial charge in [0.05, 0.1) is 6.20 Å². The van der Waals surface area contributed by atoms with E-state index < -0.39 is 6.36 Å². The number of nitrogens with one attached hydrogen (secondary N) is 1. The number of alkyl halides is 3. The number of aromatic nitrogens is 2. The van der Waals surface area contributed by atoms with Gasteiger partial charge in [-0.1, -0.05) is 0 Å². The zero-order chi connectivity index (χ0) is 26.4. The van der Waals surface area contributed by atoms with Gasteiger partial charge in [-0.3, -0.25) is 4.79 Å². The molecule has 3 aromatic rings. The number of nitrogens with zero attached hydrogens (tertiary/aromatic N) is 3. The highest BCUT2D eigenvalue weighted by atomic mass is 19.4. The Morgan fingerprint density at radius 1 is 0.947 bits per heavy atom. The number of likely N-dealkylation sites (tertiary alicyclic amines) is 2. The van der Waals surface area contributed by atoms with Crippen molar-refractivity contribution in [1.29, 1.82) is 0 Å². The summed E-state index contributed by atoms with van der Waals surface area (Å²) in [6.07, 6.45) is 2.50. The molecule has 38 heavy (non-hydrogen) atoms. The Morgan fingerprint density at radius 3 is 2.24 bits per heavy atom. The first kappa shape index (κ1) is 25.2. The molecule has 1 aliphatic carbocycles. The van der Waals surface area contributed by atoms with Gasteiger partial charge in [0.1, 0.15) is 17.2 Å². The third-order valence-corrected chi connectivity index (χ3v) is 8.23. The molecule has 1 N–H and O–H groups in total. The van der Waals surface area contributed by atoms with E-state index in [9.17, 15) is 18.0 Å². The summed E-state index contributed by atoms with van der Waals surface area (Å²) in [6.45, 7) is 3.07. The minimum absolute atomic E-state index is 0.0486. The van der Waals surface area contributed by atoms with E-state index in [1.54, 1.807) is 4.90 Å². The monoisotopic (exact) mass is 530 g/mol. The molecule has 4 heterocycles. The number of amides is 1. The number of carbonyl (C=O) groups is 1. The Morgan fingerprint density at radius 2 is 1.61 bits per heavy atom. The summed E-state index contributed by atoms with van der Waals surface area (Å²) in [5, 5.41) is 0.828. The lowest BCUT2D eigenvalue weighted by Crippen LogP contribution is -2.38. The number of halogens is 4. The number of rotatable bonds is 5. The van der Waals surface area contributed by atoms with Gasteiger partial charge in [-0.2, -0.15) is 0 Å². The van der Waals surface area contributed by atoms with Crippen molar-refractivity contribution >= 4 is 16.9 Å². The molecular weight excluding hydrogens is 500 g/mol. The number of benzene rings is 1. The lowest BCUT2D eigenvalue weighted by molar-refractivity contribution is -0.274. The van der Waals surface area contributed by atoms with Crippen LogP contribution in [-0.2, 0) is 0 Å². The van der Waals surface area contributed by atoms with Gasteiger partial charge < -0.3 is 19.5 Å². The van der Waals surface area contributed by atoms with Crippen molar-refractivity contribution in [1.82, 2.24) is 19.8 Å². The number of piperidine rings is 2. The minimum atomic E-state index is -4.78. The molecule has 2 aliphatic heterocycles. The van der Waals surface area contributed by atoms with Gasteiger partial charge in [0, 0.05) is 47.3 Å². The highest BCUT2D eigenvalue weighted by Gasteiger charge is 2.34. The third-order valence-electron chi connectivity index (χ3n) is 8.23. The van der Waals surface area contributed by atoms with E-state index in [1.165, 1.54) is 31.2 Å². The van der Waals surface area contributed by atoms with E-state index in [1.807, 2.05) is 0 Å². The zero-order valence-electron chi connectivity index (χ0n) is 20.9. The molecule has 0 bridgehead atoms. The van der Waals surface area contributed by atoms with Crippen molar-refractivity contribution in [2.45, 2.75) is 62.8 Å². The quantitative estimate of drug-likeness (QED) is 0.414. The number of H-pyrrole nitrogens is 1. The number of fused-ring (bicyclic) bond motifs is 1. The Balaban J connectivity index is 1.12. The molecule has 6 nitrogen and oxygen atoms in total. The highest BCUT2D eigenvalue weighted by Crippen LogP contribution is 2.39. The fourth-order valence-corrected chi connectivity index (χ4v) is 6.09. The minimum Gasteiger partial charge on any atom is -0.406 e. The fourth-order valence-electron chi connectivity index (χ4n) is 6.09. The predicted molar refractivity (Wildman–Crippen MR) is 134 cm³/mol. The largest absolute Gasteiger partial charge is 0.573 e. The topological polar surface area (TPSA) is 61.5 Å². The molecule has 0 spiro atoms. The molecule has 3 aliphatic rings. The summed E-state index contributed by atoms with van der Waals surface area (Å²) < 4.78 is 56.2. The molecule has 0 atom stereocenters. The summed E-state index contributed by atoms with van der Waals surface area (Å²) in [5.41, 5.74) is 2.79. The molecule has 2 aromatic heterocycles. The van der Waals surface area contributed by atoms with E-state index in [2.05, 4.69) is 25.7 Å². The van der Waals surface area contributed by atoms with Crippen molar-refractivity contribution in [3.05, 3.63) is 59.2 Å². The SMILES string of the molecule is O=C(c1ccc(OC(F)(F)F)cc1)N1CCC(c2c(F)cnc3[nH]c(C4CCN(C5CC5)CC4)cc23)CC1. The van der Waals surface area contributed by atoms with Crippen molar-refractivity contribution < 1.29 is 27.1 Å². The molecule has 0 unspecified atom stereocenters. The molecule has 6 rings (SSSR count). The van der Waals surface area contributed by atoms with E-state index in [0.29, 0.717) is 48.6 Å². The van der Waals surface area contributed by atoms with Crippen molar-refractivity contribution in [2.75, 3.05) is 26.2 Å². The lowest BCUT2D eigenvalue weighted by Gasteiger charge is -2.32. The van der Waals surface area contributed by atoms with Gasteiger partial charge in [-0.25, -0.2) is 9.37 Å². The fraction of sp³-hybridized carbons (Fsp3) is 0.500. The predicted octanol–water partition coefficient (Wildman–Crippen LogP) is 5.96. The summed E-state index contributed by atoms with van der Waals surface area (Å²) in [4.78, 5) is 25.0. The summed E-state index contributed by atoms with van der Waals surface area (Å²) in [6, 6.07) is 7.80. The van der Waals surface area contributed by atoms with Crippen molar-refractivity contribution in [3.63, 3.8) is 0 Å². The van der Waals surface area contributed by atoms with Crippen LogP contribution in [0.2, 0.25) is 0 Å². The second-order valence-electron chi connectivity index (χ2n) is 10.7. The van der Waals surface area contributed by atoms with Gasteiger partial charge >= 0.3 is 6.36 Å². The Kier molecular flexibility index (Phi) is 6.53. The maximum absolute atomic E-state index is 15.1. The van der Waals surface area contributed by atoms with Crippen LogP contribution in [-0.4, -0.2) is 64.3 Å². The first-order valence-corrected chi connectivity index (χ1v) is 13.3. The van der Waals surface area contributed by atoms with Crippen LogP contribution in [0.5, 0.6) is 5.75 Å². The Labute approximate surface area is 218 Å². The number of hydrogen-bond donors (Lipinski definition) is 1. The van der Waals surface area contributed by atoms with Crippen LogP contribution in [0.4, 0.5) is 17.6 Å². The smallest absolute Gasteiger partial charge is 0.406 e. The van der Waals surface area contributed by atoms with Crippen LogP contribution in [0.3, 0.4) is 0 Å². The van der Waals surface area contributed by atoms with E-state index in [-0.39, 0.29) is 23.4 Å². The van der Waals surface area contributed by atoms with Gasteiger partial charge in [0.15, 0.2) is 0 Å². The van der Waals surface area contributed by atoms with Gasteiger partial charge in [-0.05, 0) is 87.9 Å². The van der Waals surface area contributed by atoms with E-state index in [4.69, 9.17) is 0 Å². The van der Waals surface area contributed by atoms with Gasteiger partial charge in [0.2, 0.25) is 0 Å². The van der Waals surface area contributed by atoms with Crippen molar-refractivity contribution in [2.24, 2.45) is 0 Å². The third kappa shape index (κ3) is 5.23. The van der Waals surface area contributed by atoms with Crippen LogP contribution in [0, 0.1) is 5.82 Å². The Bertz CT molecular complexity index is 1300. The summed E-state index contributed by atoms with van der Waals surface area (Å²) >= 11 is 0. The van der Waals surface area contributed by atoms with Crippen molar-refractivity contribution in [3.8, 4) is 5.75 Å². The van der Waals surface area contributed by atoms with Gasteiger partial charge in [0.25, 0.3) is 5.91 Å². The van der Waals surface area contributed by atoms with Crippen LogP contribution in [0.15, 0.2) is 36.5 Å². The van der Waals surface area contributed by atoms with E-state index >= 15 is 4.39 Å². The summed E-state index contributed by atoms with van der Waals surface area (Å²) in [7, 11) is 0. The molecule has 1 saturated carbocycles. The van der Waals surface area contributed by atoms with Crippen LogP contribution in [0.25, 0.3) is 11.0 Å². The molecule has 202 valence electrons. The number of carbonyl (C=O) groups excluding carboxylic acids is 1. The molecule has 1 amide bonds. The number of ether oxygens (including phenoxy) is 1. The number of pyridine rings is 1. The maximum atomic E-state index is 15.1. The molecule has 2 saturated heterocycles.